The Balaban J connectivity index is 2.29. The van der Waals surface area contributed by atoms with Crippen molar-refractivity contribution in [2.45, 2.75) is 71.6 Å². The molecule has 0 aromatic heterocycles. The molecule has 2 atom stereocenters. The van der Waals surface area contributed by atoms with Gasteiger partial charge in [0.15, 0.2) is 0 Å². The number of carbonyl (C=O) groups is 2. The van der Waals surface area contributed by atoms with Crippen LogP contribution >= 0.6 is 0 Å². The number of ether oxygens (including phenoxy) is 1. The number of carbonyl (C=O) groups excluding carboxylic acids is 2. The molecule has 1 aromatic carbocycles. The minimum absolute atomic E-state index is 0.0396. The van der Waals surface area contributed by atoms with Gasteiger partial charge in [0.05, 0.1) is 18.7 Å². The lowest BCUT2D eigenvalue weighted by molar-refractivity contribution is -0.155. The summed E-state index contributed by atoms with van der Waals surface area (Å²) in [6, 6.07) is 5.27. The molecule has 29 heavy (non-hydrogen) atoms. The summed E-state index contributed by atoms with van der Waals surface area (Å²) in [5, 5.41) is 0. The van der Waals surface area contributed by atoms with Crippen molar-refractivity contribution in [2.24, 2.45) is 0 Å². The zero-order valence-electron chi connectivity index (χ0n) is 18.0. The maximum absolute atomic E-state index is 12.5. The molecular formula is C21H31NO6S. The van der Waals surface area contributed by atoms with E-state index < -0.39 is 33.8 Å². The molecule has 1 aliphatic heterocycles. The quantitative estimate of drug-likeness (QED) is 0.493. The van der Waals surface area contributed by atoms with E-state index in [1.807, 2.05) is 32.0 Å². The van der Waals surface area contributed by atoms with Gasteiger partial charge >= 0.3 is 5.97 Å². The van der Waals surface area contributed by atoms with Gasteiger partial charge in [-0.25, -0.2) is 0 Å². The Hall–Kier alpha value is -1.93. The van der Waals surface area contributed by atoms with Crippen molar-refractivity contribution < 1.29 is 26.9 Å². The highest BCUT2D eigenvalue weighted by Gasteiger charge is 2.40. The van der Waals surface area contributed by atoms with Gasteiger partial charge in [0.1, 0.15) is 11.7 Å². The summed E-state index contributed by atoms with van der Waals surface area (Å²) in [7, 11) is -3.76. The van der Waals surface area contributed by atoms with Crippen LogP contribution in [0.25, 0.3) is 0 Å². The number of esters is 1. The third-order valence-corrected chi connectivity index (χ3v) is 5.28. The third kappa shape index (κ3) is 6.82. The molecule has 0 bridgehead atoms. The first kappa shape index (κ1) is 23.3. The van der Waals surface area contributed by atoms with Crippen LogP contribution in [0.4, 0.5) is 0 Å². The lowest BCUT2D eigenvalue weighted by Gasteiger charge is -2.32. The second kappa shape index (κ2) is 8.83. The Labute approximate surface area is 173 Å². The topological polar surface area (TPSA) is 90.0 Å². The van der Waals surface area contributed by atoms with Gasteiger partial charge in [-0.2, -0.15) is 8.42 Å². The zero-order valence-corrected chi connectivity index (χ0v) is 18.8. The van der Waals surface area contributed by atoms with E-state index in [2.05, 4.69) is 0 Å². The van der Waals surface area contributed by atoms with Crippen molar-refractivity contribution in [1.29, 1.82) is 0 Å². The largest absolute Gasteiger partial charge is 0.460 e. The molecule has 1 unspecified atom stereocenters. The first-order chi connectivity index (χ1) is 13.3. The van der Waals surface area contributed by atoms with Gasteiger partial charge in [-0.05, 0) is 52.2 Å². The highest BCUT2D eigenvalue weighted by atomic mass is 32.2. The number of benzene rings is 1. The Morgan fingerprint density at radius 2 is 1.93 bits per heavy atom. The average Bonchev–Trinajstić information content (AvgIpc) is 2.91. The number of aryl methyl sites for hydroxylation is 2. The molecule has 0 radical (unpaired) electrons. The summed E-state index contributed by atoms with van der Waals surface area (Å²) in [6.07, 6.45) is 0.967. The van der Waals surface area contributed by atoms with Gasteiger partial charge in [0.25, 0.3) is 10.1 Å². The van der Waals surface area contributed by atoms with Crippen LogP contribution < -0.4 is 0 Å². The van der Waals surface area contributed by atoms with Gasteiger partial charge < -0.3 is 9.64 Å². The van der Waals surface area contributed by atoms with E-state index in [0.29, 0.717) is 6.42 Å². The van der Waals surface area contributed by atoms with E-state index >= 15 is 0 Å². The Kier molecular flexibility index (Phi) is 7.11. The smallest absolute Gasteiger partial charge is 0.308 e. The average molecular weight is 426 g/mol. The molecule has 1 amide bonds. The number of likely N-dealkylation sites (tertiary alicyclic amines) is 1. The molecule has 1 aliphatic rings. The normalized spacial score (nSPS) is 18.8. The lowest BCUT2D eigenvalue weighted by Crippen LogP contribution is -2.40. The second-order valence-corrected chi connectivity index (χ2v) is 10.2. The summed E-state index contributed by atoms with van der Waals surface area (Å²) in [4.78, 5) is 26.2. The second-order valence-electron chi connectivity index (χ2n) is 8.61. The number of hydrogen-bond donors (Lipinski definition) is 0. The van der Waals surface area contributed by atoms with Gasteiger partial charge in [-0.15, -0.1) is 0 Å². The van der Waals surface area contributed by atoms with Crippen LogP contribution in [0.3, 0.4) is 0 Å². The first-order valence-electron chi connectivity index (χ1n) is 9.73. The van der Waals surface area contributed by atoms with Crippen LogP contribution in [0.5, 0.6) is 0 Å². The van der Waals surface area contributed by atoms with Crippen molar-refractivity contribution in [3.8, 4) is 0 Å². The highest BCUT2D eigenvalue weighted by molar-refractivity contribution is 7.86. The van der Waals surface area contributed by atoms with E-state index in [1.165, 1.54) is 0 Å². The maximum Gasteiger partial charge on any atom is 0.308 e. The van der Waals surface area contributed by atoms with Crippen molar-refractivity contribution >= 4 is 22.0 Å². The minimum atomic E-state index is -3.76. The number of nitrogens with zero attached hydrogens (tertiary/aromatic N) is 1. The van der Waals surface area contributed by atoms with E-state index in [1.54, 1.807) is 25.7 Å². The summed E-state index contributed by atoms with van der Waals surface area (Å²) in [5.41, 5.74) is 1.98. The van der Waals surface area contributed by atoms with Crippen molar-refractivity contribution in [3.63, 3.8) is 0 Å². The maximum atomic E-state index is 12.5. The SMILES string of the molecule is Cc1ccc(C)c(C(OS(C)(=O)=O)[C@@H]2CCC(=O)N2CCC(=O)OC(C)(C)C)c1. The molecule has 0 saturated carbocycles. The lowest BCUT2D eigenvalue weighted by atomic mass is 9.95. The van der Waals surface area contributed by atoms with Gasteiger partial charge in [-0.1, -0.05) is 23.8 Å². The van der Waals surface area contributed by atoms with Crippen molar-refractivity contribution in [2.75, 3.05) is 12.8 Å². The van der Waals surface area contributed by atoms with E-state index in [0.717, 1.165) is 22.9 Å². The molecule has 1 saturated heterocycles. The molecule has 0 aliphatic carbocycles. The monoisotopic (exact) mass is 425 g/mol. The van der Waals surface area contributed by atoms with Crippen LogP contribution in [-0.4, -0.2) is 49.6 Å². The molecule has 1 heterocycles. The Morgan fingerprint density at radius 1 is 1.28 bits per heavy atom. The summed E-state index contributed by atoms with van der Waals surface area (Å²) in [5.74, 6) is -0.519. The van der Waals surface area contributed by atoms with Crippen molar-refractivity contribution in [1.82, 2.24) is 4.90 Å². The number of rotatable bonds is 7. The fourth-order valence-corrected chi connectivity index (χ4v) is 4.15. The highest BCUT2D eigenvalue weighted by Crippen LogP contribution is 2.36. The number of amides is 1. The summed E-state index contributed by atoms with van der Waals surface area (Å²) in [6.45, 7) is 9.31. The molecule has 1 fully saturated rings. The molecule has 0 N–H and O–H groups in total. The van der Waals surface area contributed by atoms with E-state index in [-0.39, 0.29) is 25.3 Å². The standard InChI is InChI=1S/C21H31NO6S/c1-14-7-8-15(2)16(13-14)20(28-29(6,25)26)17-9-10-18(23)22(17)12-11-19(24)27-21(3,4)5/h7-8,13,17,20H,9-12H2,1-6H3/t17-,20?/m0/s1. The van der Waals surface area contributed by atoms with Gasteiger partial charge in [0, 0.05) is 13.0 Å². The Morgan fingerprint density at radius 3 is 2.52 bits per heavy atom. The molecule has 1 aromatic rings. The van der Waals surface area contributed by atoms with Crippen LogP contribution in [-0.2, 0) is 28.6 Å². The molecule has 162 valence electrons. The third-order valence-electron chi connectivity index (χ3n) is 4.72. The minimum Gasteiger partial charge on any atom is -0.460 e. The van der Waals surface area contributed by atoms with Crippen LogP contribution in [0, 0.1) is 13.8 Å². The fraction of sp³-hybridized carbons (Fsp3) is 0.619. The van der Waals surface area contributed by atoms with Gasteiger partial charge in [-0.3, -0.25) is 13.8 Å². The molecule has 8 heteroatoms. The summed E-state index contributed by atoms with van der Waals surface area (Å²) >= 11 is 0. The van der Waals surface area contributed by atoms with Gasteiger partial charge in [0.2, 0.25) is 5.91 Å². The molecule has 7 nitrogen and oxygen atoms in total. The van der Waals surface area contributed by atoms with Crippen LogP contribution in [0.15, 0.2) is 18.2 Å². The predicted molar refractivity (Wildman–Crippen MR) is 110 cm³/mol. The number of hydrogen-bond acceptors (Lipinski definition) is 6. The summed E-state index contributed by atoms with van der Waals surface area (Å²) < 4.78 is 34.8. The Bertz CT molecular complexity index is 872. The first-order valence-corrected chi connectivity index (χ1v) is 11.6. The van der Waals surface area contributed by atoms with Crippen molar-refractivity contribution in [3.05, 3.63) is 34.9 Å². The zero-order chi connectivity index (χ0) is 22.0. The van der Waals surface area contributed by atoms with Crippen LogP contribution in [0.2, 0.25) is 0 Å². The molecular weight excluding hydrogens is 394 g/mol. The van der Waals surface area contributed by atoms with Crippen LogP contribution in [0.1, 0.15) is 62.8 Å². The predicted octanol–water partition coefficient (Wildman–Crippen LogP) is 3.04. The molecule has 0 spiro atoms. The fourth-order valence-electron chi connectivity index (χ4n) is 3.54. The molecule has 2 rings (SSSR count). The van der Waals surface area contributed by atoms with E-state index in [4.69, 9.17) is 8.92 Å². The van der Waals surface area contributed by atoms with E-state index in [9.17, 15) is 18.0 Å².